The molecule has 8 rings (SSSR count). The lowest BCUT2D eigenvalue weighted by Gasteiger charge is -2.20. The lowest BCUT2D eigenvalue weighted by Crippen LogP contribution is -2.38. The summed E-state index contributed by atoms with van der Waals surface area (Å²) in [5.74, 6) is 0.565. The number of aromatic nitrogens is 6. The standard InChI is InChI=1S/2C20H18BrF3N4S/c2*1-11-9-12(21)6-7-13(11)18-16-17(14-5-3-4-8-25-14)27-28(2)19(16)26-15(10-29-18)20(22,23)24/h2*3-9,15,18,26H,10H2,1-2H3/t15-,18+;15-,18-/m10/s1. The van der Waals surface area contributed by atoms with Crippen molar-refractivity contribution < 1.29 is 26.3 Å². The Balaban J connectivity index is 0.000000177. The molecule has 0 radical (unpaired) electrons. The van der Waals surface area contributed by atoms with Crippen molar-refractivity contribution in [3.63, 3.8) is 0 Å². The van der Waals surface area contributed by atoms with E-state index in [1.807, 2.05) is 74.5 Å². The molecule has 18 heteroatoms. The lowest BCUT2D eigenvalue weighted by atomic mass is 9.98. The molecule has 304 valence electrons. The van der Waals surface area contributed by atoms with Crippen LogP contribution in [0.25, 0.3) is 22.8 Å². The molecule has 0 bridgehead atoms. The number of anilines is 2. The highest BCUT2D eigenvalue weighted by Crippen LogP contribution is 2.50. The van der Waals surface area contributed by atoms with E-state index in [2.05, 4.69) is 62.7 Å². The van der Waals surface area contributed by atoms with Crippen LogP contribution in [-0.4, -0.2) is 65.5 Å². The predicted octanol–water partition coefficient (Wildman–Crippen LogP) is 11.5. The second kappa shape index (κ2) is 16.9. The van der Waals surface area contributed by atoms with Crippen molar-refractivity contribution in [3.8, 4) is 22.8 Å². The van der Waals surface area contributed by atoms with Crippen molar-refractivity contribution >= 4 is 67.0 Å². The summed E-state index contributed by atoms with van der Waals surface area (Å²) in [4.78, 5) is 8.78. The fraction of sp³-hybridized carbons (Fsp3) is 0.300. The van der Waals surface area contributed by atoms with E-state index >= 15 is 0 Å². The average molecular weight is 967 g/mol. The van der Waals surface area contributed by atoms with Crippen LogP contribution >= 0.6 is 55.4 Å². The minimum Gasteiger partial charge on any atom is -0.358 e. The Morgan fingerprint density at radius 2 is 1.02 bits per heavy atom. The van der Waals surface area contributed by atoms with Crippen LogP contribution in [0.4, 0.5) is 38.0 Å². The number of hydrogen-bond donors (Lipinski definition) is 2. The Morgan fingerprint density at radius 1 is 0.621 bits per heavy atom. The van der Waals surface area contributed by atoms with Gasteiger partial charge >= 0.3 is 12.4 Å². The number of hydrogen-bond acceptors (Lipinski definition) is 8. The van der Waals surface area contributed by atoms with Crippen LogP contribution in [0.2, 0.25) is 0 Å². The quantitative estimate of drug-likeness (QED) is 0.169. The number of nitrogens with one attached hydrogen (secondary N) is 2. The van der Waals surface area contributed by atoms with Gasteiger partial charge in [-0.25, -0.2) is 0 Å². The fourth-order valence-electron chi connectivity index (χ4n) is 6.98. The average Bonchev–Trinajstić information content (AvgIpc) is 3.46. The molecule has 6 aromatic rings. The van der Waals surface area contributed by atoms with E-state index in [0.29, 0.717) is 34.4 Å². The van der Waals surface area contributed by atoms with Crippen LogP contribution < -0.4 is 10.6 Å². The number of halogens is 8. The van der Waals surface area contributed by atoms with Crippen LogP contribution in [0.1, 0.15) is 43.9 Å². The maximum absolute atomic E-state index is 13.6. The van der Waals surface area contributed by atoms with Gasteiger partial charge in [-0.05, 0) is 84.6 Å². The Bertz CT molecular complexity index is 2240. The Kier molecular flexibility index (Phi) is 12.3. The van der Waals surface area contributed by atoms with E-state index in [4.69, 9.17) is 0 Å². The van der Waals surface area contributed by atoms with Crippen molar-refractivity contribution in [1.82, 2.24) is 29.5 Å². The second-order valence-electron chi connectivity index (χ2n) is 13.8. The van der Waals surface area contributed by atoms with E-state index in [9.17, 15) is 26.3 Å². The zero-order chi connectivity index (χ0) is 41.5. The van der Waals surface area contributed by atoms with Gasteiger partial charge in [0.25, 0.3) is 0 Å². The minimum atomic E-state index is -4.36. The largest absolute Gasteiger partial charge is 0.409 e. The van der Waals surface area contributed by atoms with Crippen LogP contribution in [0.5, 0.6) is 0 Å². The molecule has 0 fully saturated rings. The first kappa shape index (κ1) is 42.1. The second-order valence-corrected chi connectivity index (χ2v) is 17.9. The van der Waals surface area contributed by atoms with Crippen LogP contribution in [0.3, 0.4) is 0 Å². The van der Waals surface area contributed by atoms with Gasteiger partial charge in [0.05, 0.1) is 21.9 Å². The van der Waals surface area contributed by atoms with Gasteiger partial charge in [-0.3, -0.25) is 19.3 Å². The summed E-state index contributed by atoms with van der Waals surface area (Å²) < 4.78 is 86.5. The topological polar surface area (TPSA) is 85.5 Å². The molecule has 0 saturated heterocycles. The van der Waals surface area contributed by atoms with Gasteiger partial charge in [0.1, 0.15) is 35.1 Å². The normalized spacial score (nSPS) is 19.4. The molecule has 2 aliphatic heterocycles. The molecular weight excluding hydrogens is 930 g/mol. The SMILES string of the molecule is Cc1cc(Br)ccc1[C@@H]1SC[C@@H](C(F)(F)F)Nc2c1c(-c1ccccn1)nn2C.Cc1cc(Br)ccc1[C@@H]1SC[C@H](C(F)(F)F)Nc2c1c(-c1ccccn1)nn2C. The Labute approximate surface area is 356 Å². The number of thioether (sulfide) groups is 2. The summed E-state index contributed by atoms with van der Waals surface area (Å²) in [6.45, 7) is 3.94. The molecule has 4 aromatic heterocycles. The molecule has 6 heterocycles. The van der Waals surface area contributed by atoms with Gasteiger partial charge in [-0.1, -0.05) is 56.1 Å². The smallest absolute Gasteiger partial charge is 0.358 e. The molecular formula is C40H36Br2F6N8S2. The zero-order valence-corrected chi connectivity index (χ0v) is 36.1. The molecule has 0 aliphatic carbocycles. The summed E-state index contributed by atoms with van der Waals surface area (Å²) in [5.41, 5.74) is 7.86. The molecule has 8 nitrogen and oxygen atoms in total. The summed E-state index contributed by atoms with van der Waals surface area (Å²) in [6, 6.07) is 19.3. The maximum atomic E-state index is 13.6. The van der Waals surface area contributed by atoms with Crippen molar-refractivity contribution in [2.45, 2.75) is 48.8 Å². The first-order valence-electron chi connectivity index (χ1n) is 17.9. The first-order valence-corrected chi connectivity index (χ1v) is 21.6. The van der Waals surface area contributed by atoms with Crippen molar-refractivity contribution in [3.05, 3.63) is 128 Å². The van der Waals surface area contributed by atoms with Crippen LogP contribution in [0, 0.1) is 13.8 Å². The van der Waals surface area contributed by atoms with Gasteiger partial charge in [-0.15, -0.1) is 23.5 Å². The highest BCUT2D eigenvalue weighted by atomic mass is 79.9. The van der Waals surface area contributed by atoms with Crippen LogP contribution in [-0.2, 0) is 14.1 Å². The van der Waals surface area contributed by atoms with Crippen molar-refractivity contribution in [2.24, 2.45) is 14.1 Å². The van der Waals surface area contributed by atoms with Gasteiger partial charge in [0.15, 0.2) is 0 Å². The minimum absolute atomic E-state index is 0.0972. The summed E-state index contributed by atoms with van der Waals surface area (Å²) in [7, 11) is 3.32. The zero-order valence-electron chi connectivity index (χ0n) is 31.3. The third kappa shape index (κ3) is 8.80. The van der Waals surface area contributed by atoms with Gasteiger partial charge < -0.3 is 10.6 Å². The Morgan fingerprint density at radius 3 is 1.34 bits per heavy atom. The monoisotopic (exact) mass is 964 g/mol. The third-order valence-corrected chi connectivity index (χ3v) is 13.5. The van der Waals surface area contributed by atoms with E-state index < -0.39 is 24.4 Å². The molecule has 0 spiro atoms. The van der Waals surface area contributed by atoms with Gasteiger partial charge in [0.2, 0.25) is 0 Å². The summed E-state index contributed by atoms with van der Waals surface area (Å²) in [6.07, 6.45) is -5.40. The maximum Gasteiger partial charge on any atom is 0.409 e. The summed E-state index contributed by atoms with van der Waals surface area (Å²) in [5, 5.41) is 13.9. The van der Waals surface area contributed by atoms with E-state index in [1.165, 1.54) is 32.9 Å². The highest BCUT2D eigenvalue weighted by molar-refractivity contribution is 9.10. The molecule has 58 heavy (non-hydrogen) atoms. The number of rotatable bonds is 4. The lowest BCUT2D eigenvalue weighted by molar-refractivity contribution is -0.138. The molecule has 2 aliphatic rings. The van der Waals surface area contributed by atoms with Crippen LogP contribution in [0.15, 0.2) is 94.1 Å². The van der Waals surface area contributed by atoms with Crippen molar-refractivity contribution in [2.75, 3.05) is 22.1 Å². The van der Waals surface area contributed by atoms with E-state index in [-0.39, 0.29) is 22.0 Å². The molecule has 4 atom stereocenters. The fourth-order valence-corrected chi connectivity index (χ4v) is 10.9. The number of pyridine rings is 2. The number of alkyl halides is 6. The molecule has 0 unspecified atom stereocenters. The first-order chi connectivity index (χ1) is 27.5. The molecule has 2 aromatic carbocycles. The Hall–Kier alpha value is -4.00. The van der Waals surface area contributed by atoms with Gasteiger partial charge in [0, 0.05) is 58.1 Å². The highest BCUT2D eigenvalue weighted by Gasteiger charge is 2.45. The van der Waals surface area contributed by atoms with E-state index in [1.54, 1.807) is 38.6 Å². The summed E-state index contributed by atoms with van der Waals surface area (Å²) >= 11 is 9.48. The number of aryl methyl sites for hydroxylation is 4. The molecule has 2 N–H and O–H groups in total. The molecule has 0 saturated carbocycles. The number of nitrogens with zero attached hydrogens (tertiary/aromatic N) is 6. The number of fused-ring (bicyclic) bond motifs is 2. The molecule has 0 amide bonds. The number of benzene rings is 2. The third-order valence-electron chi connectivity index (χ3n) is 9.81. The van der Waals surface area contributed by atoms with E-state index in [0.717, 1.165) is 42.3 Å². The predicted molar refractivity (Wildman–Crippen MR) is 226 cm³/mol. The van der Waals surface area contributed by atoms with Gasteiger partial charge in [-0.2, -0.15) is 36.5 Å². The van der Waals surface area contributed by atoms with Crippen molar-refractivity contribution in [1.29, 1.82) is 0 Å².